The first-order chi connectivity index (χ1) is 14.9. The average molecular weight is 441 g/mol. The summed E-state index contributed by atoms with van der Waals surface area (Å²) < 4.78 is 30.6. The van der Waals surface area contributed by atoms with Crippen LogP contribution >= 0.6 is 11.8 Å². The highest BCUT2D eigenvalue weighted by molar-refractivity contribution is 8.14. The molecule has 1 amide bonds. The summed E-state index contributed by atoms with van der Waals surface area (Å²) >= 11 is 1.21. The molecule has 2 aromatic carbocycles. The summed E-state index contributed by atoms with van der Waals surface area (Å²) in [4.78, 5) is 17.5. The van der Waals surface area contributed by atoms with Gasteiger partial charge in [-0.15, -0.1) is 0 Å². The molecule has 0 fully saturated rings. The van der Waals surface area contributed by atoms with E-state index < -0.39 is 17.9 Å². The van der Waals surface area contributed by atoms with Gasteiger partial charge in [0.15, 0.2) is 0 Å². The number of nitrogens with zero attached hydrogens (tertiary/aromatic N) is 3. The van der Waals surface area contributed by atoms with Crippen molar-refractivity contribution in [3.63, 3.8) is 0 Å². The number of halogens is 2. The zero-order valence-electron chi connectivity index (χ0n) is 16.3. The van der Waals surface area contributed by atoms with Gasteiger partial charge in [0.2, 0.25) is 0 Å². The van der Waals surface area contributed by atoms with Gasteiger partial charge in [-0.05, 0) is 37.3 Å². The zero-order chi connectivity index (χ0) is 22.0. The van der Waals surface area contributed by atoms with E-state index in [1.165, 1.54) is 35.0 Å². The predicted molar refractivity (Wildman–Crippen MR) is 113 cm³/mol. The van der Waals surface area contributed by atoms with Crippen molar-refractivity contribution in [3.8, 4) is 11.5 Å². The number of carbonyl (C=O) groups excluding carboxylic acids is 1. The Morgan fingerprint density at radius 3 is 2.58 bits per heavy atom. The molecule has 0 spiro atoms. The molecule has 1 aliphatic heterocycles. The molecule has 1 atom stereocenters. The Morgan fingerprint density at radius 2 is 1.87 bits per heavy atom. The number of hydrogen-bond donors (Lipinski definition) is 1. The number of para-hydroxylation sites is 2. The third kappa shape index (κ3) is 4.36. The Balaban J connectivity index is 1.78. The fraction of sp³-hybridized carbons (Fsp3) is 0.136. The minimum absolute atomic E-state index is 0.0485. The number of hydrazone groups is 1. The van der Waals surface area contributed by atoms with Gasteiger partial charge in [-0.2, -0.15) is 13.9 Å². The molecule has 31 heavy (non-hydrogen) atoms. The highest BCUT2D eigenvalue weighted by Gasteiger charge is 2.37. The fourth-order valence-corrected chi connectivity index (χ4v) is 4.23. The van der Waals surface area contributed by atoms with Gasteiger partial charge in [0.25, 0.3) is 5.91 Å². The summed E-state index contributed by atoms with van der Waals surface area (Å²) in [6.07, 6.45) is 1.63. The molecule has 1 unspecified atom stereocenters. The third-order valence-electron chi connectivity index (χ3n) is 4.55. The lowest BCUT2D eigenvalue weighted by Crippen LogP contribution is -2.26. The maximum atomic E-state index is 13.3. The monoisotopic (exact) mass is 441 g/mol. The number of carbonyl (C=O) groups is 1. The van der Waals surface area contributed by atoms with Gasteiger partial charge < -0.3 is 9.84 Å². The molecular weight excluding hydrogens is 424 g/mol. The molecule has 6 nitrogen and oxygen atoms in total. The first kappa shape index (κ1) is 20.8. The molecule has 0 saturated heterocycles. The largest absolute Gasteiger partial charge is 0.507 e. The number of alkyl halides is 2. The van der Waals surface area contributed by atoms with E-state index >= 15 is 0 Å². The van der Waals surface area contributed by atoms with Crippen LogP contribution in [-0.4, -0.2) is 32.7 Å². The van der Waals surface area contributed by atoms with Gasteiger partial charge in [0.1, 0.15) is 21.9 Å². The topological polar surface area (TPSA) is 75.0 Å². The average Bonchev–Trinajstić information content (AvgIpc) is 3.19. The molecule has 2 heterocycles. The number of phenols is 1. The van der Waals surface area contributed by atoms with Gasteiger partial charge in [-0.25, -0.2) is 5.01 Å². The zero-order valence-corrected chi connectivity index (χ0v) is 17.1. The lowest BCUT2D eigenvalue weighted by atomic mass is 10.1. The molecule has 1 aromatic heterocycles. The standard InChI is InChI=1S/C22H17F2N3O3S/c1-13-10-11-14(12-25-13)19-26-27(20(29)15-6-2-4-8-17(15)28)21(31-19)16-7-3-5-9-18(16)30-22(23)24/h2-12,21-22,28H,1H3. The maximum Gasteiger partial charge on any atom is 0.387 e. The maximum absolute atomic E-state index is 13.3. The number of thioether (sulfide) groups is 1. The van der Waals surface area contributed by atoms with Crippen LogP contribution in [0.3, 0.4) is 0 Å². The van der Waals surface area contributed by atoms with Crippen molar-refractivity contribution in [2.75, 3.05) is 0 Å². The van der Waals surface area contributed by atoms with E-state index in [4.69, 9.17) is 0 Å². The smallest absolute Gasteiger partial charge is 0.387 e. The van der Waals surface area contributed by atoms with Crippen molar-refractivity contribution >= 4 is 22.7 Å². The molecule has 9 heteroatoms. The number of aromatic nitrogens is 1. The number of aryl methyl sites for hydroxylation is 1. The molecule has 1 N–H and O–H groups in total. The van der Waals surface area contributed by atoms with Crippen LogP contribution in [0, 0.1) is 6.92 Å². The minimum atomic E-state index is -3.02. The summed E-state index contributed by atoms with van der Waals surface area (Å²) in [6, 6.07) is 16.0. The Hall–Kier alpha value is -3.46. The van der Waals surface area contributed by atoms with E-state index in [-0.39, 0.29) is 17.1 Å². The highest BCUT2D eigenvalue weighted by Crippen LogP contribution is 2.45. The van der Waals surface area contributed by atoms with Crippen molar-refractivity contribution in [2.24, 2.45) is 5.10 Å². The number of ether oxygens (including phenoxy) is 1. The number of amides is 1. The second-order valence-corrected chi connectivity index (χ2v) is 7.72. The Labute approximate surface area is 181 Å². The highest BCUT2D eigenvalue weighted by atomic mass is 32.2. The number of aromatic hydroxyl groups is 1. The van der Waals surface area contributed by atoms with Gasteiger partial charge in [0.05, 0.1) is 5.56 Å². The van der Waals surface area contributed by atoms with Gasteiger partial charge >= 0.3 is 6.61 Å². The van der Waals surface area contributed by atoms with Crippen molar-refractivity contribution in [1.29, 1.82) is 0 Å². The molecule has 4 rings (SSSR count). The van der Waals surface area contributed by atoms with Crippen LogP contribution in [0.25, 0.3) is 0 Å². The molecular formula is C22H17F2N3O3S. The SMILES string of the molecule is Cc1ccc(C2=NN(C(=O)c3ccccc3O)C(c3ccccc3OC(F)F)S2)cn1. The molecule has 0 radical (unpaired) electrons. The second-order valence-electron chi connectivity index (χ2n) is 6.65. The first-order valence-electron chi connectivity index (χ1n) is 9.27. The lowest BCUT2D eigenvalue weighted by Gasteiger charge is -2.23. The van der Waals surface area contributed by atoms with E-state index in [1.807, 2.05) is 19.1 Å². The van der Waals surface area contributed by atoms with Gasteiger partial charge in [-0.3, -0.25) is 9.78 Å². The fourth-order valence-electron chi connectivity index (χ4n) is 3.06. The normalized spacial score (nSPS) is 15.8. The number of phenolic OH excluding ortho intramolecular Hbond substituents is 1. The third-order valence-corrected chi connectivity index (χ3v) is 5.76. The van der Waals surface area contributed by atoms with E-state index in [0.29, 0.717) is 16.2 Å². The van der Waals surface area contributed by atoms with Crippen LogP contribution < -0.4 is 4.74 Å². The van der Waals surface area contributed by atoms with Crippen molar-refractivity contribution in [3.05, 3.63) is 89.2 Å². The Kier molecular flexibility index (Phi) is 5.85. The molecule has 158 valence electrons. The molecule has 1 aliphatic rings. The lowest BCUT2D eigenvalue weighted by molar-refractivity contribution is -0.0507. The second kappa shape index (κ2) is 8.73. The van der Waals surface area contributed by atoms with E-state index in [1.54, 1.807) is 36.5 Å². The number of pyridine rings is 1. The van der Waals surface area contributed by atoms with Crippen LogP contribution in [0.15, 0.2) is 72.0 Å². The predicted octanol–water partition coefficient (Wildman–Crippen LogP) is 4.95. The van der Waals surface area contributed by atoms with Crippen LogP contribution in [0.2, 0.25) is 0 Å². The number of hydrogen-bond acceptors (Lipinski definition) is 6. The summed E-state index contributed by atoms with van der Waals surface area (Å²) in [6.45, 7) is -1.17. The van der Waals surface area contributed by atoms with Crippen LogP contribution in [0.1, 0.15) is 32.6 Å². The Morgan fingerprint density at radius 1 is 1.13 bits per heavy atom. The van der Waals surface area contributed by atoms with E-state index in [0.717, 1.165) is 5.69 Å². The van der Waals surface area contributed by atoms with Crippen molar-refractivity contribution < 1.29 is 23.4 Å². The quantitative estimate of drug-likeness (QED) is 0.607. The summed E-state index contributed by atoms with van der Waals surface area (Å²) in [5.41, 5.74) is 1.91. The van der Waals surface area contributed by atoms with Crippen molar-refractivity contribution in [1.82, 2.24) is 9.99 Å². The van der Waals surface area contributed by atoms with Gasteiger partial charge in [0, 0.05) is 23.0 Å². The van der Waals surface area contributed by atoms with E-state index in [9.17, 15) is 18.7 Å². The van der Waals surface area contributed by atoms with Crippen LogP contribution in [0.4, 0.5) is 8.78 Å². The Bertz CT molecular complexity index is 1140. The first-order valence-corrected chi connectivity index (χ1v) is 10.2. The summed E-state index contributed by atoms with van der Waals surface area (Å²) in [7, 11) is 0. The van der Waals surface area contributed by atoms with Crippen molar-refractivity contribution in [2.45, 2.75) is 18.9 Å². The summed E-state index contributed by atoms with van der Waals surface area (Å²) in [5, 5.41) is 15.5. The minimum Gasteiger partial charge on any atom is -0.507 e. The van der Waals surface area contributed by atoms with E-state index in [2.05, 4.69) is 14.8 Å². The van der Waals surface area contributed by atoms with Crippen LogP contribution in [0.5, 0.6) is 11.5 Å². The number of benzene rings is 2. The van der Waals surface area contributed by atoms with Gasteiger partial charge in [-0.1, -0.05) is 42.1 Å². The molecule has 0 saturated carbocycles. The molecule has 0 bridgehead atoms. The summed E-state index contributed by atoms with van der Waals surface area (Å²) in [5.74, 6) is -0.824. The molecule has 3 aromatic rings. The molecule has 0 aliphatic carbocycles. The van der Waals surface area contributed by atoms with Crippen LogP contribution in [-0.2, 0) is 0 Å². The number of rotatable bonds is 5.